The van der Waals surface area contributed by atoms with Crippen LogP contribution in [0.5, 0.6) is 0 Å². The van der Waals surface area contributed by atoms with E-state index >= 15 is 0 Å². The van der Waals surface area contributed by atoms with Crippen LogP contribution < -0.4 is 22.1 Å². The molecule has 0 spiro atoms. The summed E-state index contributed by atoms with van der Waals surface area (Å²) in [7, 11) is 1.42. The minimum absolute atomic E-state index is 0. The molecule has 2 aromatic rings. The highest BCUT2D eigenvalue weighted by Crippen LogP contribution is 2.34. The minimum atomic E-state index is -4.36. The number of halogens is 6. The fourth-order valence-electron chi connectivity index (χ4n) is 3.30. The maximum Gasteiger partial charge on any atom is 0.377 e. The zero-order valence-electron chi connectivity index (χ0n) is 21.4. The summed E-state index contributed by atoms with van der Waals surface area (Å²) in [5.74, 6) is -16.6. The maximum atomic E-state index is 14.4. The molecule has 0 bridgehead atoms. The van der Waals surface area contributed by atoms with Gasteiger partial charge < -0.3 is 32.3 Å². The first-order chi connectivity index (χ1) is 18.7. The third-order valence-electron chi connectivity index (χ3n) is 5.47. The fourth-order valence-corrected chi connectivity index (χ4v) is 4.99. The predicted octanol–water partition coefficient (Wildman–Crippen LogP) is 3.28. The SMILES string of the molecule is Cl.Cl.NCc1ccc(C(NC(=O)CSSCC(=O)NC(c2ccc(CN)cc2)C(F)(F)C(=O)O)C(F)(F)C(=O)O)cc1. The Balaban J connectivity index is 0.00000840. The van der Waals surface area contributed by atoms with Crippen LogP contribution in [0.2, 0.25) is 0 Å². The molecule has 2 atom stereocenters. The lowest BCUT2D eigenvalue weighted by atomic mass is 9.99. The molecule has 2 unspecified atom stereocenters. The van der Waals surface area contributed by atoms with Gasteiger partial charge in [0.2, 0.25) is 11.8 Å². The second-order valence-electron chi connectivity index (χ2n) is 8.27. The van der Waals surface area contributed by atoms with Crippen molar-refractivity contribution in [3.63, 3.8) is 0 Å². The summed E-state index contributed by atoms with van der Waals surface area (Å²) in [6, 6.07) is 6.06. The molecule has 8 N–H and O–H groups in total. The van der Waals surface area contributed by atoms with Crippen molar-refractivity contribution < 1.29 is 47.0 Å². The summed E-state index contributed by atoms with van der Waals surface area (Å²) < 4.78 is 57.5. The second-order valence-corrected chi connectivity index (χ2v) is 10.7. The van der Waals surface area contributed by atoms with Crippen LogP contribution in [0.15, 0.2) is 48.5 Å². The van der Waals surface area contributed by atoms with Gasteiger partial charge in [-0.25, -0.2) is 9.59 Å². The molecule has 18 heteroatoms. The van der Waals surface area contributed by atoms with Crippen molar-refractivity contribution in [2.45, 2.75) is 37.0 Å². The number of hydrogen-bond donors (Lipinski definition) is 6. The van der Waals surface area contributed by atoms with Gasteiger partial charge in [0.1, 0.15) is 12.1 Å². The fraction of sp³-hybridized carbons (Fsp3) is 0.333. The van der Waals surface area contributed by atoms with Gasteiger partial charge in [0.05, 0.1) is 11.5 Å². The minimum Gasteiger partial charge on any atom is -0.477 e. The van der Waals surface area contributed by atoms with E-state index < -0.39 is 59.2 Å². The molecule has 0 aliphatic heterocycles. The summed E-state index contributed by atoms with van der Waals surface area (Å²) in [5, 5.41) is 21.9. The van der Waals surface area contributed by atoms with Crippen molar-refractivity contribution in [2.75, 3.05) is 11.5 Å². The molecule has 2 aromatic carbocycles. The van der Waals surface area contributed by atoms with Crippen LogP contribution in [-0.4, -0.2) is 57.3 Å². The van der Waals surface area contributed by atoms with E-state index in [2.05, 4.69) is 0 Å². The summed E-state index contributed by atoms with van der Waals surface area (Å²) in [6.45, 7) is 0.229. The van der Waals surface area contributed by atoms with Crippen molar-refractivity contribution in [3.8, 4) is 0 Å². The number of amides is 2. The lowest BCUT2D eigenvalue weighted by molar-refractivity contribution is -0.170. The highest BCUT2D eigenvalue weighted by atomic mass is 35.5. The zero-order chi connectivity index (χ0) is 30.1. The molecule has 42 heavy (non-hydrogen) atoms. The molecule has 0 radical (unpaired) electrons. The molecule has 0 saturated carbocycles. The monoisotopic (exact) mass is 678 g/mol. The van der Waals surface area contributed by atoms with E-state index in [0.29, 0.717) is 32.7 Å². The third-order valence-corrected chi connectivity index (χ3v) is 7.60. The van der Waals surface area contributed by atoms with Crippen LogP contribution in [0.3, 0.4) is 0 Å². The largest absolute Gasteiger partial charge is 0.477 e. The van der Waals surface area contributed by atoms with E-state index in [0.717, 1.165) is 0 Å². The maximum absolute atomic E-state index is 14.4. The number of nitrogens with two attached hydrogens (primary N) is 2. The molecule has 2 amide bonds. The van der Waals surface area contributed by atoms with Crippen molar-refractivity contribution in [2.24, 2.45) is 11.5 Å². The second kappa shape index (κ2) is 17.4. The molecule has 0 heterocycles. The molecule has 234 valence electrons. The summed E-state index contributed by atoms with van der Waals surface area (Å²) in [5.41, 5.74) is 11.8. The van der Waals surface area contributed by atoms with Gasteiger partial charge in [-0.2, -0.15) is 17.6 Å². The summed E-state index contributed by atoms with van der Waals surface area (Å²) in [6.07, 6.45) is 0. The van der Waals surface area contributed by atoms with Crippen LogP contribution >= 0.6 is 46.4 Å². The number of benzene rings is 2. The topological polar surface area (TPSA) is 185 Å². The Morgan fingerprint density at radius 1 is 0.667 bits per heavy atom. The van der Waals surface area contributed by atoms with Gasteiger partial charge in [-0.15, -0.1) is 24.8 Å². The number of carbonyl (C=O) groups excluding carboxylic acids is 2. The van der Waals surface area contributed by atoms with Crippen molar-refractivity contribution in [1.29, 1.82) is 0 Å². The Morgan fingerprint density at radius 2 is 0.952 bits per heavy atom. The molecular weight excluding hydrogens is 651 g/mol. The first-order valence-electron chi connectivity index (χ1n) is 11.4. The molecule has 0 aliphatic carbocycles. The molecule has 0 fully saturated rings. The van der Waals surface area contributed by atoms with Gasteiger partial charge in [0.15, 0.2) is 0 Å². The number of rotatable bonds is 15. The summed E-state index contributed by atoms with van der Waals surface area (Å²) in [4.78, 5) is 46.9. The first kappa shape index (κ1) is 39.2. The van der Waals surface area contributed by atoms with Crippen LogP contribution in [0.4, 0.5) is 17.6 Å². The van der Waals surface area contributed by atoms with Crippen molar-refractivity contribution >= 4 is 70.2 Å². The lowest BCUT2D eigenvalue weighted by Gasteiger charge is -2.25. The van der Waals surface area contributed by atoms with E-state index in [1.807, 2.05) is 10.6 Å². The highest BCUT2D eigenvalue weighted by Gasteiger charge is 2.50. The lowest BCUT2D eigenvalue weighted by Crippen LogP contribution is -2.46. The highest BCUT2D eigenvalue weighted by molar-refractivity contribution is 8.77. The Kier molecular flexibility index (Phi) is 16.2. The molecule has 0 aliphatic rings. The Labute approximate surface area is 257 Å². The molecule has 0 aromatic heterocycles. The predicted molar refractivity (Wildman–Crippen MR) is 155 cm³/mol. The number of aliphatic carboxylic acids is 2. The van der Waals surface area contributed by atoms with Gasteiger partial charge in [0, 0.05) is 13.1 Å². The van der Waals surface area contributed by atoms with Crippen LogP contribution in [0.1, 0.15) is 34.3 Å². The number of alkyl halides is 4. The Morgan fingerprint density at radius 3 is 1.19 bits per heavy atom. The van der Waals surface area contributed by atoms with Gasteiger partial charge in [-0.3, -0.25) is 9.59 Å². The average Bonchev–Trinajstić information content (AvgIpc) is 2.92. The molecule has 10 nitrogen and oxygen atoms in total. The van der Waals surface area contributed by atoms with Gasteiger partial charge in [0.25, 0.3) is 0 Å². The van der Waals surface area contributed by atoms with Gasteiger partial charge in [-0.05, 0) is 22.3 Å². The van der Waals surface area contributed by atoms with E-state index in [9.17, 15) is 36.7 Å². The zero-order valence-corrected chi connectivity index (χ0v) is 24.7. The van der Waals surface area contributed by atoms with Crippen LogP contribution in [-0.2, 0) is 32.3 Å². The van der Waals surface area contributed by atoms with E-state index in [4.69, 9.17) is 21.7 Å². The van der Waals surface area contributed by atoms with Crippen molar-refractivity contribution in [1.82, 2.24) is 10.6 Å². The van der Waals surface area contributed by atoms with E-state index in [-0.39, 0.29) is 49.0 Å². The first-order valence-corrected chi connectivity index (χ1v) is 13.9. The molecule has 2 rings (SSSR count). The normalized spacial score (nSPS) is 12.6. The molecular formula is C24H28Cl2F4N4O6S2. The summed E-state index contributed by atoms with van der Waals surface area (Å²) >= 11 is 0. The Bertz CT molecular complexity index is 1120. The number of nitrogens with one attached hydrogen (secondary N) is 2. The average molecular weight is 680 g/mol. The smallest absolute Gasteiger partial charge is 0.377 e. The van der Waals surface area contributed by atoms with Crippen molar-refractivity contribution in [3.05, 3.63) is 70.8 Å². The standard InChI is InChI=1S/C24H26F4N4O6S2.2ClH/c25-23(26,21(35)36)19(15-5-1-13(9-29)2-6-15)31-17(33)11-39-40-12-18(34)32-20(24(27,28)22(37)38)16-7-3-14(10-30)4-8-16;;/h1-8,19-20H,9-12,29-30H2,(H,31,33)(H,32,34)(H,35,36)(H,37,38);2*1H. The number of hydrogen-bond acceptors (Lipinski definition) is 8. The number of carboxylic acids is 2. The third kappa shape index (κ3) is 10.5. The van der Waals surface area contributed by atoms with Gasteiger partial charge >= 0.3 is 23.8 Å². The quantitative estimate of drug-likeness (QED) is 0.0928. The van der Waals surface area contributed by atoms with Gasteiger partial charge in [-0.1, -0.05) is 70.1 Å². The Hall–Kier alpha value is -2.76. The van der Waals surface area contributed by atoms with E-state index in [1.54, 1.807) is 0 Å². The number of carbonyl (C=O) groups is 4. The molecule has 0 saturated heterocycles. The van der Waals surface area contributed by atoms with Crippen LogP contribution in [0.25, 0.3) is 0 Å². The van der Waals surface area contributed by atoms with Crippen LogP contribution in [0, 0.1) is 0 Å². The number of carboxylic acid groups (broad SMARTS) is 2. The van der Waals surface area contributed by atoms with E-state index in [1.165, 1.54) is 48.5 Å².